The molecule has 0 rings (SSSR count). The quantitative estimate of drug-likeness (QED) is 0.584. The summed E-state index contributed by atoms with van der Waals surface area (Å²) in [5, 5.41) is 0. The van der Waals surface area contributed by atoms with Crippen LogP contribution in [0, 0.1) is 0 Å². The Morgan fingerprint density at radius 1 is 1.00 bits per heavy atom. The van der Waals surface area contributed by atoms with E-state index in [1.54, 1.807) is 0 Å². The Morgan fingerprint density at radius 2 is 1.50 bits per heavy atom. The van der Waals surface area contributed by atoms with E-state index in [1.807, 2.05) is 0 Å². The van der Waals surface area contributed by atoms with Gasteiger partial charge in [0.25, 0.3) is 0 Å². The molecule has 0 spiro atoms. The summed E-state index contributed by atoms with van der Waals surface area (Å²) >= 11 is 0. The number of hydrogen-bond donors (Lipinski definition) is 0. The largest absolute Gasteiger partial charge is 0.324 e. The van der Waals surface area contributed by atoms with Crippen molar-refractivity contribution in [3.63, 3.8) is 0 Å². The molecule has 0 amide bonds. The van der Waals surface area contributed by atoms with Crippen LogP contribution in [0.25, 0.3) is 0 Å². The molecule has 0 aliphatic heterocycles. The van der Waals surface area contributed by atoms with Crippen molar-refractivity contribution in [2.75, 3.05) is 13.1 Å². The molecule has 0 saturated carbocycles. The maximum atomic E-state index is 3.98. The Morgan fingerprint density at radius 3 is 1.88 bits per heavy atom. The summed E-state index contributed by atoms with van der Waals surface area (Å²) in [6, 6.07) is 2.85. The van der Waals surface area contributed by atoms with Crippen LogP contribution in [0.15, 0.2) is 12.3 Å². The fraction of sp³-hybridized carbons (Fsp3) is 0.846. The van der Waals surface area contributed by atoms with Crippen molar-refractivity contribution in [1.82, 2.24) is 4.57 Å². The molecule has 16 heavy (non-hydrogen) atoms. The van der Waals surface area contributed by atoms with Crippen LogP contribution in [0.3, 0.4) is 0 Å². The molecule has 0 aromatic carbocycles. The monoisotopic (exact) mass is 257 g/mol. The van der Waals surface area contributed by atoms with Crippen LogP contribution >= 0.6 is 0 Å². The lowest BCUT2D eigenvalue weighted by Gasteiger charge is -2.36. The van der Waals surface area contributed by atoms with Gasteiger partial charge in [-0.05, 0) is 19.1 Å². The van der Waals surface area contributed by atoms with Crippen LogP contribution in [-0.4, -0.2) is 34.0 Å². The lowest BCUT2D eigenvalue weighted by molar-refractivity contribution is 0.463. The molecule has 0 saturated heterocycles. The van der Waals surface area contributed by atoms with E-state index in [9.17, 15) is 0 Å². The van der Waals surface area contributed by atoms with Gasteiger partial charge in [0.15, 0.2) is 0 Å². The van der Waals surface area contributed by atoms with Crippen LogP contribution in [0.1, 0.15) is 20.3 Å². The third-order valence-electron chi connectivity index (χ3n) is 3.78. The molecule has 0 aromatic heterocycles. The van der Waals surface area contributed by atoms with Crippen LogP contribution in [0.2, 0.25) is 38.3 Å². The molecular formula is C13H31NSi2. The Labute approximate surface area is 105 Å². The zero-order valence-electron chi connectivity index (χ0n) is 12.3. The van der Waals surface area contributed by atoms with E-state index >= 15 is 0 Å². The molecule has 0 bridgehead atoms. The molecule has 0 fully saturated rings. The Kier molecular flexibility index (Phi) is 6.83. The summed E-state index contributed by atoms with van der Waals surface area (Å²) in [5.41, 5.74) is 2.24. The van der Waals surface area contributed by atoms with E-state index in [2.05, 4.69) is 56.9 Å². The Balaban J connectivity index is 4.13. The fourth-order valence-electron chi connectivity index (χ4n) is 2.32. The van der Waals surface area contributed by atoms with Crippen molar-refractivity contribution >= 4 is 16.3 Å². The van der Waals surface area contributed by atoms with Crippen molar-refractivity contribution in [3.8, 4) is 0 Å². The maximum Gasteiger partial charge on any atom is 0.122 e. The Hall–Kier alpha value is 0.134. The zero-order valence-corrected chi connectivity index (χ0v) is 14.3. The van der Waals surface area contributed by atoms with E-state index in [-0.39, 0.29) is 0 Å². The minimum atomic E-state index is -1.12. The predicted molar refractivity (Wildman–Crippen MR) is 82.3 cm³/mol. The second-order valence-electron chi connectivity index (χ2n) is 6.03. The highest BCUT2D eigenvalue weighted by Gasteiger charge is 2.27. The standard InChI is InChI=1S/C13H31NSi2/c1-8-14(9-2)16(6,7)13-11-12-15(4,5)10-3/h10H,3,8-9,11-13H2,1-2,4-7H3. The molecule has 0 aliphatic carbocycles. The van der Waals surface area contributed by atoms with Gasteiger partial charge in [-0.3, -0.25) is 0 Å². The van der Waals surface area contributed by atoms with Crippen molar-refractivity contribution in [2.45, 2.75) is 58.5 Å². The first-order valence-corrected chi connectivity index (χ1v) is 13.1. The summed E-state index contributed by atoms with van der Waals surface area (Å²) in [4.78, 5) is 0. The second kappa shape index (κ2) is 6.77. The summed E-state index contributed by atoms with van der Waals surface area (Å²) in [7, 11) is -2.19. The SMILES string of the molecule is C=C[Si](C)(C)CCC[Si](C)(C)N(CC)CC. The van der Waals surface area contributed by atoms with Gasteiger partial charge < -0.3 is 4.57 Å². The Bertz CT molecular complexity index is 208. The molecule has 0 N–H and O–H groups in total. The lowest BCUT2D eigenvalue weighted by atomic mass is 10.6. The highest BCUT2D eigenvalue weighted by atomic mass is 28.3. The van der Waals surface area contributed by atoms with Crippen molar-refractivity contribution in [2.24, 2.45) is 0 Å². The number of hydrogen-bond acceptors (Lipinski definition) is 1. The average molecular weight is 258 g/mol. The molecule has 0 aromatic rings. The van der Waals surface area contributed by atoms with Gasteiger partial charge in [-0.1, -0.05) is 52.5 Å². The second-order valence-corrected chi connectivity index (χ2v) is 15.7. The van der Waals surface area contributed by atoms with Crippen LogP contribution in [-0.2, 0) is 0 Å². The maximum absolute atomic E-state index is 3.98. The smallest absolute Gasteiger partial charge is 0.122 e. The van der Waals surface area contributed by atoms with Crippen LogP contribution < -0.4 is 0 Å². The molecule has 0 atom stereocenters. The van der Waals surface area contributed by atoms with E-state index < -0.39 is 16.3 Å². The first-order valence-electron chi connectivity index (χ1n) is 6.67. The van der Waals surface area contributed by atoms with Gasteiger partial charge in [-0.2, -0.15) is 0 Å². The predicted octanol–water partition coefficient (Wildman–Crippen LogP) is 4.36. The highest BCUT2D eigenvalue weighted by molar-refractivity contribution is 6.82. The molecule has 1 nitrogen and oxygen atoms in total. The molecule has 96 valence electrons. The molecular weight excluding hydrogens is 226 g/mol. The topological polar surface area (TPSA) is 3.24 Å². The first-order chi connectivity index (χ1) is 7.29. The van der Waals surface area contributed by atoms with Crippen molar-refractivity contribution < 1.29 is 0 Å². The zero-order chi connectivity index (χ0) is 12.8. The van der Waals surface area contributed by atoms with Crippen LogP contribution in [0.4, 0.5) is 0 Å². The van der Waals surface area contributed by atoms with Gasteiger partial charge in [0, 0.05) is 0 Å². The van der Waals surface area contributed by atoms with Gasteiger partial charge in [0.1, 0.15) is 8.24 Å². The molecule has 3 heteroatoms. The van der Waals surface area contributed by atoms with E-state index in [4.69, 9.17) is 0 Å². The normalized spacial score (nSPS) is 13.2. The molecule has 0 aliphatic rings. The molecule has 0 heterocycles. The lowest BCUT2D eigenvalue weighted by Crippen LogP contribution is -2.48. The van der Waals surface area contributed by atoms with Gasteiger partial charge in [0.2, 0.25) is 0 Å². The number of rotatable bonds is 8. The van der Waals surface area contributed by atoms with Gasteiger partial charge in [0.05, 0.1) is 8.07 Å². The third-order valence-corrected chi connectivity index (χ3v) is 10.5. The van der Waals surface area contributed by atoms with Gasteiger partial charge >= 0.3 is 0 Å². The van der Waals surface area contributed by atoms with Crippen LogP contribution in [0.5, 0.6) is 0 Å². The van der Waals surface area contributed by atoms with Gasteiger partial charge in [-0.25, -0.2) is 0 Å². The highest BCUT2D eigenvalue weighted by Crippen LogP contribution is 2.22. The molecule has 0 radical (unpaired) electrons. The van der Waals surface area contributed by atoms with Crippen molar-refractivity contribution in [3.05, 3.63) is 12.3 Å². The fourth-order valence-corrected chi connectivity index (χ4v) is 7.03. The number of nitrogens with zero attached hydrogens (tertiary/aromatic N) is 1. The third kappa shape index (κ3) is 5.46. The molecule has 0 unspecified atom stereocenters. The summed E-state index contributed by atoms with van der Waals surface area (Å²) in [6.07, 6.45) is 1.40. The van der Waals surface area contributed by atoms with Crippen molar-refractivity contribution in [1.29, 1.82) is 0 Å². The van der Waals surface area contributed by atoms with E-state index in [0.29, 0.717) is 0 Å². The summed E-state index contributed by atoms with van der Waals surface area (Å²) in [6.45, 7) is 20.9. The summed E-state index contributed by atoms with van der Waals surface area (Å²) < 4.78 is 2.70. The minimum Gasteiger partial charge on any atom is -0.324 e. The first kappa shape index (κ1) is 16.1. The van der Waals surface area contributed by atoms with E-state index in [0.717, 1.165) is 0 Å². The van der Waals surface area contributed by atoms with Gasteiger partial charge in [-0.15, -0.1) is 12.3 Å². The average Bonchev–Trinajstić information content (AvgIpc) is 2.18. The summed E-state index contributed by atoms with van der Waals surface area (Å²) in [5.74, 6) is 0. The minimum absolute atomic E-state index is 1.06. The van der Waals surface area contributed by atoms with E-state index in [1.165, 1.54) is 31.6 Å².